The Morgan fingerprint density at radius 3 is 2.95 bits per heavy atom. The number of amides is 1. The van der Waals surface area contributed by atoms with Gasteiger partial charge in [0.25, 0.3) is 5.91 Å². The Hall–Kier alpha value is -1.61. The zero-order valence-corrected chi connectivity index (χ0v) is 12.9. The smallest absolute Gasteiger partial charge is 0.261 e. The number of carbonyl (C=O) groups excluding carboxylic acids is 1. The lowest BCUT2D eigenvalue weighted by atomic mass is 10.2. The van der Waals surface area contributed by atoms with Gasteiger partial charge in [0, 0.05) is 15.3 Å². The largest absolute Gasteiger partial charge is 0.346 e. The third kappa shape index (κ3) is 3.70. The van der Waals surface area contributed by atoms with Gasteiger partial charge >= 0.3 is 0 Å². The fraction of sp³-hybridized carbons (Fsp3) is 0.267. The van der Waals surface area contributed by atoms with E-state index >= 15 is 0 Å². The standard InChI is InChI=1S/C15H16N2OS2/c1-2-12-5-6-13(20-12)15(18)17-10-14-11(4-3-8-16)7-9-19-14/h5-7,9H,2,8,10,16H2,1H3,(H,17,18). The highest BCUT2D eigenvalue weighted by Crippen LogP contribution is 2.18. The third-order valence-electron chi connectivity index (χ3n) is 2.71. The van der Waals surface area contributed by atoms with Gasteiger partial charge < -0.3 is 11.1 Å². The van der Waals surface area contributed by atoms with Crippen LogP contribution in [0, 0.1) is 11.8 Å². The fourth-order valence-electron chi connectivity index (χ4n) is 1.67. The van der Waals surface area contributed by atoms with E-state index in [1.54, 1.807) is 22.7 Å². The van der Waals surface area contributed by atoms with Crippen LogP contribution < -0.4 is 11.1 Å². The SMILES string of the molecule is CCc1ccc(C(=O)NCc2sccc2C#CCN)s1. The second kappa shape index (κ2) is 7.25. The molecular formula is C15H16N2OS2. The fourth-order valence-corrected chi connectivity index (χ4v) is 3.31. The summed E-state index contributed by atoms with van der Waals surface area (Å²) in [5.41, 5.74) is 6.32. The number of carbonyl (C=O) groups is 1. The minimum absolute atomic E-state index is 0.0270. The van der Waals surface area contributed by atoms with Crippen molar-refractivity contribution in [3.63, 3.8) is 0 Å². The summed E-state index contributed by atoms with van der Waals surface area (Å²) in [6.45, 7) is 2.93. The van der Waals surface area contributed by atoms with E-state index in [1.807, 2.05) is 23.6 Å². The van der Waals surface area contributed by atoms with Crippen LogP contribution in [0.5, 0.6) is 0 Å². The van der Waals surface area contributed by atoms with Crippen LogP contribution in [0.15, 0.2) is 23.6 Å². The van der Waals surface area contributed by atoms with Crippen molar-refractivity contribution in [1.82, 2.24) is 5.32 Å². The van der Waals surface area contributed by atoms with Crippen molar-refractivity contribution in [2.75, 3.05) is 6.54 Å². The Kier molecular flexibility index (Phi) is 5.36. The first-order valence-electron chi connectivity index (χ1n) is 6.36. The second-order valence-corrected chi connectivity index (χ2v) is 6.23. The Balaban J connectivity index is 1.98. The highest BCUT2D eigenvalue weighted by atomic mass is 32.1. The maximum absolute atomic E-state index is 12.0. The number of thiophene rings is 2. The van der Waals surface area contributed by atoms with Crippen LogP contribution in [0.1, 0.15) is 31.9 Å². The van der Waals surface area contributed by atoms with Crippen LogP contribution in [0.25, 0.3) is 0 Å². The summed E-state index contributed by atoms with van der Waals surface area (Å²) in [6, 6.07) is 5.83. The van der Waals surface area contributed by atoms with Crippen LogP contribution >= 0.6 is 22.7 Å². The van der Waals surface area contributed by atoms with Gasteiger partial charge in [-0.1, -0.05) is 18.8 Å². The van der Waals surface area contributed by atoms with Gasteiger partial charge in [-0.3, -0.25) is 4.79 Å². The minimum Gasteiger partial charge on any atom is -0.346 e. The van der Waals surface area contributed by atoms with Crippen molar-refractivity contribution in [2.24, 2.45) is 5.73 Å². The zero-order valence-electron chi connectivity index (χ0n) is 11.2. The number of hydrogen-bond acceptors (Lipinski definition) is 4. The molecule has 5 heteroatoms. The molecule has 3 N–H and O–H groups in total. The predicted molar refractivity (Wildman–Crippen MR) is 85.1 cm³/mol. The maximum atomic E-state index is 12.0. The third-order valence-corrected chi connectivity index (χ3v) is 4.86. The number of nitrogens with one attached hydrogen (secondary N) is 1. The molecule has 0 radical (unpaired) electrons. The molecule has 3 nitrogen and oxygen atoms in total. The van der Waals surface area contributed by atoms with Gasteiger partial charge in [0.1, 0.15) is 0 Å². The Morgan fingerprint density at radius 1 is 1.40 bits per heavy atom. The predicted octanol–water partition coefficient (Wildman–Crippen LogP) is 2.61. The quantitative estimate of drug-likeness (QED) is 0.853. The van der Waals surface area contributed by atoms with E-state index in [2.05, 4.69) is 24.1 Å². The zero-order chi connectivity index (χ0) is 14.4. The number of hydrogen-bond donors (Lipinski definition) is 2. The Labute approximate surface area is 126 Å². The molecule has 2 aromatic rings. The average molecular weight is 304 g/mol. The van der Waals surface area contributed by atoms with Crippen LogP contribution in [0.3, 0.4) is 0 Å². The highest BCUT2D eigenvalue weighted by Gasteiger charge is 2.09. The molecule has 20 heavy (non-hydrogen) atoms. The molecule has 0 aliphatic rings. The maximum Gasteiger partial charge on any atom is 0.261 e. The van der Waals surface area contributed by atoms with E-state index in [1.165, 1.54) is 4.88 Å². The summed E-state index contributed by atoms with van der Waals surface area (Å²) in [5.74, 6) is 5.82. The van der Waals surface area contributed by atoms with Crippen LogP contribution in [0.4, 0.5) is 0 Å². The lowest BCUT2D eigenvalue weighted by Gasteiger charge is -2.02. The average Bonchev–Trinajstić information content (AvgIpc) is 3.11. The molecule has 2 heterocycles. The summed E-state index contributed by atoms with van der Waals surface area (Å²) >= 11 is 3.14. The van der Waals surface area contributed by atoms with Crippen molar-refractivity contribution in [2.45, 2.75) is 19.9 Å². The normalized spacial score (nSPS) is 9.90. The summed E-state index contributed by atoms with van der Waals surface area (Å²) < 4.78 is 0. The van der Waals surface area contributed by atoms with Gasteiger partial charge in [-0.2, -0.15) is 0 Å². The first kappa shape index (κ1) is 14.8. The summed E-state index contributed by atoms with van der Waals surface area (Å²) in [5, 5.41) is 4.91. The van der Waals surface area contributed by atoms with E-state index < -0.39 is 0 Å². The van der Waals surface area contributed by atoms with Gasteiger partial charge in [0.15, 0.2) is 0 Å². The monoisotopic (exact) mass is 304 g/mol. The number of rotatable bonds is 4. The van der Waals surface area contributed by atoms with Crippen molar-refractivity contribution < 1.29 is 4.79 Å². The van der Waals surface area contributed by atoms with E-state index in [0.717, 1.165) is 21.7 Å². The summed E-state index contributed by atoms with van der Waals surface area (Å²) in [7, 11) is 0. The Bertz CT molecular complexity index is 646. The molecule has 0 bridgehead atoms. The second-order valence-electron chi connectivity index (χ2n) is 4.07. The molecule has 2 aromatic heterocycles. The molecule has 104 valence electrons. The number of nitrogens with two attached hydrogens (primary N) is 1. The topological polar surface area (TPSA) is 55.1 Å². The minimum atomic E-state index is -0.0270. The van der Waals surface area contributed by atoms with E-state index in [4.69, 9.17) is 5.73 Å². The molecule has 0 aromatic carbocycles. The highest BCUT2D eigenvalue weighted by molar-refractivity contribution is 7.14. The van der Waals surface area contributed by atoms with Crippen LogP contribution in [0.2, 0.25) is 0 Å². The molecule has 0 spiro atoms. The van der Waals surface area contributed by atoms with E-state index in [-0.39, 0.29) is 5.91 Å². The Morgan fingerprint density at radius 2 is 2.25 bits per heavy atom. The summed E-state index contributed by atoms with van der Waals surface area (Å²) in [6.07, 6.45) is 0.960. The van der Waals surface area contributed by atoms with Crippen LogP contribution in [-0.2, 0) is 13.0 Å². The molecule has 0 atom stereocenters. The molecule has 1 amide bonds. The first-order valence-corrected chi connectivity index (χ1v) is 8.06. The van der Waals surface area contributed by atoms with Crippen molar-refractivity contribution in [3.05, 3.63) is 43.8 Å². The summed E-state index contributed by atoms with van der Waals surface area (Å²) in [4.78, 5) is 15.1. The van der Waals surface area contributed by atoms with Crippen molar-refractivity contribution >= 4 is 28.6 Å². The van der Waals surface area contributed by atoms with E-state index in [0.29, 0.717) is 13.1 Å². The van der Waals surface area contributed by atoms with Gasteiger partial charge in [0.05, 0.1) is 18.0 Å². The van der Waals surface area contributed by atoms with Crippen molar-refractivity contribution in [3.8, 4) is 11.8 Å². The molecule has 2 rings (SSSR count). The molecule has 0 fully saturated rings. The lowest BCUT2D eigenvalue weighted by Crippen LogP contribution is -2.21. The van der Waals surface area contributed by atoms with Gasteiger partial charge in [-0.25, -0.2) is 0 Å². The first-order chi connectivity index (χ1) is 9.74. The number of aryl methyl sites for hydroxylation is 1. The van der Waals surface area contributed by atoms with Crippen LogP contribution in [-0.4, -0.2) is 12.5 Å². The molecule has 0 saturated carbocycles. The molecule has 0 unspecified atom stereocenters. The van der Waals surface area contributed by atoms with Gasteiger partial charge in [0.2, 0.25) is 0 Å². The molecular weight excluding hydrogens is 288 g/mol. The lowest BCUT2D eigenvalue weighted by molar-refractivity contribution is 0.0955. The molecule has 0 aliphatic carbocycles. The van der Waals surface area contributed by atoms with E-state index in [9.17, 15) is 4.79 Å². The molecule has 0 aliphatic heterocycles. The van der Waals surface area contributed by atoms with Gasteiger partial charge in [-0.15, -0.1) is 22.7 Å². The van der Waals surface area contributed by atoms with Crippen molar-refractivity contribution in [1.29, 1.82) is 0 Å². The molecule has 0 saturated heterocycles. The van der Waals surface area contributed by atoms with Gasteiger partial charge in [-0.05, 0) is 30.0 Å².